The van der Waals surface area contributed by atoms with E-state index in [0.717, 1.165) is 13.1 Å². The SMILES string of the molecule is Cn1cc(Cl)cc1C(=O)N1CCN([C@H]2CCS(=O)(=O)C2)CC1. The molecule has 2 aliphatic heterocycles. The van der Waals surface area contributed by atoms with Gasteiger partial charge >= 0.3 is 0 Å². The summed E-state index contributed by atoms with van der Waals surface area (Å²) in [5.74, 6) is 0.528. The quantitative estimate of drug-likeness (QED) is 0.788. The monoisotopic (exact) mass is 345 g/mol. The minimum absolute atomic E-state index is 0.0203. The van der Waals surface area contributed by atoms with Gasteiger partial charge < -0.3 is 9.47 Å². The summed E-state index contributed by atoms with van der Waals surface area (Å²) in [6.45, 7) is 2.70. The van der Waals surface area contributed by atoms with Gasteiger partial charge in [0.2, 0.25) is 0 Å². The number of piperazine rings is 1. The molecule has 0 saturated carbocycles. The van der Waals surface area contributed by atoms with Gasteiger partial charge in [0, 0.05) is 45.5 Å². The Morgan fingerprint density at radius 3 is 2.45 bits per heavy atom. The molecule has 8 heteroatoms. The number of hydrogen-bond acceptors (Lipinski definition) is 4. The summed E-state index contributed by atoms with van der Waals surface area (Å²) in [5, 5.41) is 0.556. The van der Waals surface area contributed by atoms with Crippen molar-refractivity contribution in [3.63, 3.8) is 0 Å². The third-order valence-electron chi connectivity index (χ3n) is 4.52. The minimum atomic E-state index is -2.86. The van der Waals surface area contributed by atoms with Crippen LogP contribution < -0.4 is 0 Å². The first kappa shape index (κ1) is 15.8. The van der Waals surface area contributed by atoms with E-state index in [1.807, 2.05) is 4.90 Å². The number of amides is 1. The normalized spacial score (nSPS) is 25.5. The summed E-state index contributed by atoms with van der Waals surface area (Å²) >= 11 is 5.93. The van der Waals surface area contributed by atoms with Crippen LogP contribution in [0.2, 0.25) is 5.02 Å². The third-order valence-corrected chi connectivity index (χ3v) is 6.47. The lowest BCUT2D eigenvalue weighted by molar-refractivity contribution is 0.0579. The molecule has 6 nitrogen and oxygen atoms in total. The number of halogens is 1. The number of rotatable bonds is 2. The van der Waals surface area contributed by atoms with E-state index in [4.69, 9.17) is 11.6 Å². The highest BCUT2D eigenvalue weighted by Gasteiger charge is 2.34. The molecular weight excluding hydrogens is 326 g/mol. The van der Waals surface area contributed by atoms with Crippen molar-refractivity contribution < 1.29 is 13.2 Å². The second kappa shape index (κ2) is 5.86. The summed E-state index contributed by atoms with van der Waals surface area (Å²) < 4.78 is 24.9. The van der Waals surface area contributed by atoms with Crippen LogP contribution in [0.5, 0.6) is 0 Å². The number of carbonyl (C=O) groups excluding carboxylic acids is 1. The zero-order chi connectivity index (χ0) is 15.9. The summed E-state index contributed by atoms with van der Waals surface area (Å²) in [6.07, 6.45) is 2.43. The van der Waals surface area contributed by atoms with Crippen LogP contribution in [0.15, 0.2) is 12.3 Å². The number of carbonyl (C=O) groups is 1. The van der Waals surface area contributed by atoms with E-state index >= 15 is 0 Å². The molecule has 1 aromatic rings. The van der Waals surface area contributed by atoms with Gasteiger partial charge in [-0.3, -0.25) is 9.69 Å². The molecule has 2 fully saturated rings. The molecular formula is C14H20ClN3O3S. The maximum Gasteiger partial charge on any atom is 0.270 e. The number of aryl methyl sites for hydroxylation is 1. The lowest BCUT2D eigenvalue weighted by atomic mass is 10.2. The van der Waals surface area contributed by atoms with Gasteiger partial charge in [0.25, 0.3) is 5.91 Å². The third kappa shape index (κ3) is 3.16. The van der Waals surface area contributed by atoms with Gasteiger partial charge in [-0.05, 0) is 12.5 Å². The molecule has 3 heterocycles. The van der Waals surface area contributed by atoms with Crippen molar-refractivity contribution in [2.24, 2.45) is 7.05 Å². The number of aromatic nitrogens is 1. The zero-order valence-corrected chi connectivity index (χ0v) is 14.1. The summed E-state index contributed by atoms with van der Waals surface area (Å²) in [6, 6.07) is 1.80. The van der Waals surface area contributed by atoms with Crippen molar-refractivity contribution in [2.45, 2.75) is 12.5 Å². The molecule has 0 radical (unpaired) electrons. The predicted molar refractivity (Wildman–Crippen MR) is 85.0 cm³/mol. The average molecular weight is 346 g/mol. The van der Waals surface area contributed by atoms with Crippen LogP contribution in [-0.4, -0.2) is 72.4 Å². The van der Waals surface area contributed by atoms with Crippen molar-refractivity contribution in [2.75, 3.05) is 37.7 Å². The van der Waals surface area contributed by atoms with Crippen molar-refractivity contribution in [3.05, 3.63) is 23.0 Å². The predicted octanol–water partition coefficient (Wildman–Crippen LogP) is 0.623. The van der Waals surface area contributed by atoms with Gasteiger partial charge in [-0.2, -0.15) is 0 Å². The highest BCUT2D eigenvalue weighted by Crippen LogP contribution is 2.20. The maximum absolute atomic E-state index is 12.5. The molecule has 0 unspecified atom stereocenters. The lowest BCUT2D eigenvalue weighted by Gasteiger charge is -2.37. The molecule has 0 bridgehead atoms. The molecule has 1 aromatic heterocycles. The van der Waals surface area contributed by atoms with Gasteiger partial charge in [0.15, 0.2) is 9.84 Å². The number of nitrogens with zero attached hydrogens (tertiary/aromatic N) is 3. The van der Waals surface area contributed by atoms with E-state index in [1.54, 1.807) is 23.9 Å². The zero-order valence-electron chi connectivity index (χ0n) is 12.5. The van der Waals surface area contributed by atoms with E-state index < -0.39 is 9.84 Å². The van der Waals surface area contributed by atoms with Crippen LogP contribution in [0.3, 0.4) is 0 Å². The van der Waals surface area contributed by atoms with E-state index in [1.165, 1.54) is 0 Å². The van der Waals surface area contributed by atoms with Crippen molar-refractivity contribution >= 4 is 27.3 Å². The van der Waals surface area contributed by atoms with Crippen molar-refractivity contribution in [1.82, 2.24) is 14.4 Å². The topological polar surface area (TPSA) is 62.6 Å². The van der Waals surface area contributed by atoms with E-state index in [0.29, 0.717) is 36.0 Å². The molecule has 0 aromatic carbocycles. The lowest BCUT2D eigenvalue weighted by Crippen LogP contribution is -2.52. The second-order valence-electron chi connectivity index (χ2n) is 6.04. The highest BCUT2D eigenvalue weighted by molar-refractivity contribution is 7.91. The van der Waals surface area contributed by atoms with E-state index in [-0.39, 0.29) is 17.7 Å². The molecule has 22 heavy (non-hydrogen) atoms. The number of sulfone groups is 1. The smallest absolute Gasteiger partial charge is 0.270 e. The Labute approximate surface area is 135 Å². The van der Waals surface area contributed by atoms with Crippen LogP contribution in [-0.2, 0) is 16.9 Å². The summed E-state index contributed by atoms with van der Waals surface area (Å²) in [4.78, 5) is 16.5. The molecule has 122 valence electrons. The molecule has 3 rings (SSSR count). The molecule has 1 amide bonds. The van der Waals surface area contributed by atoms with Gasteiger partial charge in [-0.25, -0.2) is 8.42 Å². The fourth-order valence-electron chi connectivity index (χ4n) is 3.25. The molecule has 0 N–H and O–H groups in total. The van der Waals surface area contributed by atoms with Gasteiger partial charge in [0.1, 0.15) is 5.69 Å². The fraction of sp³-hybridized carbons (Fsp3) is 0.643. The Morgan fingerprint density at radius 2 is 1.95 bits per heavy atom. The molecule has 0 spiro atoms. The van der Waals surface area contributed by atoms with E-state index in [2.05, 4.69) is 4.90 Å². The first-order chi connectivity index (χ1) is 10.4. The standard InChI is InChI=1S/C14H20ClN3O3S/c1-16-9-11(15)8-13(16)14(19)18-5-3-17(4-6-18)12-2-7-22(20,21)10-12/h8-9,12H,2-7,10H2,1H3/t12-/m0/s1. The first-order valence-electron chi connectivity index (χ1n) is 7.41. The fourth-order valence-corrected chi connectivity index (χ4v) is 5.26. The first-order valence-corrected chi connectivity index (χ1v) is 9.61. The van der Waals surface area contributed by atoms with Crippen LogP contribution in [0, 0.1) is 0 Å². The second-order valence-corrected chi connectivity index (χ2v) is 8.70. The van der Waals surface area contributed by atoms with Crippen LogP contribution >= 0.6 is 11.6 Å². The Morgan fingerprint density at radius 1 is 1.27 bits per heavy atom. The Balaban J connectivity index is 1.60. The van der Waals surface area contributed by atoms with Gasteiger partial charge in [-0.1, -0.05) is 11.6 Å². The summed E-state index contributed by atoms with van der Waals surface area (Å²) in [5.41, 5.74) is 0.585. The van der Waals surface area contributed by atoms with Crippen LogP contribution in [0.1, 0.15) is 16.9 Å². The van der Waals surface area contributed by atoms with Gasteiger partial charge in [0.05, 0.1) is 16.5 Å². The van der Waals surface area contributed by atoms with Crippen molar-refractivity contribution in [3.8, 4) is 0 Å². The number of hydrogen-bond donors (Lipinski definition) is 0. The molecule has 2 aliphatic rings. The van der Waals surface area contributed by atoms with Crippen molar-refractivity contribution in [1.29, 1.82) is 0 Å². The van der Waals surface area contributed by atoms with Crippen LogP contribution in [0.25, 0.3) is 0 Å². The Bertz CT molecular complexity index is 678. The molecule has 2 saturated heterocycles. The Kier molecular flexibility index (Phi) is 4.22. The average Bonchev–Trinajstić information content (AvgIpc) is 3.00. The minimum Gasteiger partial charge on any atom is -0.345 e. The van der Waals surface area contributed by atoms with Gasteiger partial charge in [-0.15, -0.1) is 0 Å². The van der Waals surface area contributed by atoms with Crippen LogP contribution in [0.4, 0.5) is 0 Å². The molecule has 1 atom stereocenters. The van der Waals surface area contributed by atoms with E-state index in [9.17, 15) is 13.2 Å². The Hall–Kier alpha value is -1.05. The summed E-state index contributed by atoms with van der Waals surface area (Å²) in [7, 11) is -1.06. The highest BCUT2D eigenvalue weighted by atomic mass is 35.5. The molecule has 0 aliphatic carbocycles. The largest absolute Gasteiger partial charge is 0.345 e. The maximum atomic E-state index is 12.5.